The predicted molar refractivity (Wildman–Crippen MR) is 69.7 cm³/mol. The van der Waals surface area contributed by atoms with E-state index in [0.717, 1.165) is 18.0 Å². The van der Waals surface area contributed by atoms with Gasteiger partial charge in [-0.1, -0.05) is 26.7 Å². The van der Waals surface area contributed by atoms with Crippen LogP contribution in [0.25, 0.3) is 0 Å². The van der Waals surface area contributed by atoms with E-state index in [1.165, 1.54) is 58.2 Å². The van der Waals surface area contributed by atoms with Crippen LogP contribution in [0, 0.1) is 5.92 Å². The van der Waals surface area contributed by atoms with E-state index < -0.39 is 0 Å². The second-order valence-corrected chi connectivity index (χ2v) is 5.66. The van der Waals surface area contributed by atoms with Crippen molar-refractivity contribution >= 4 is 0 Å². The van der Waals surface area contributed by atoms with E-state index in [1.807, 2.05) is 0 Å². The standard InChI is InChI=1S/C14H28N2/c1-3-12(4-2)10-16(14-7-8-14)11-13-6-5-9-15-13/h12-15H,3-11H2,1-2H3. The van der Waals surface area contributed by atoms with E-state index in [4.69, 9.17) is 0 Å². The summed E-state index contributed by atoms with van der Waals surface area (Å²) in [5.41, 5.74) is 0. The molecule has 2 aliphatic rings. The molecule has 16 heavy (non-hydrogen) atoms. The normalized spacial score (nSPS) is 25.9. The molecule has 1 atom stereocenters. The van der Waals surface area contributed by atoms with Gasteiger partial charge in [0.1, 0.15) is 0 Å². The van der Waals surface area contributed by atoms with Crippen molar-refractivity contribution in [3.05, 3.63) is 0 Å². The highest BCUT2D eigenvalue weighted by atomic mass is 15.2. The lowest BCUT2D eigenvalue weighted by Crippen LogP contribution is -2.41. The third kappa shape index (κ3) is 3.46. The molecule has 0 bridgehead atoms. The second-order valence-electron chi connectivity index (χ2n) is 5.66. The van der Waals surface area contributed by atoms with Gasteiger partial charge in [0.2, 0.25) is 0 Å². The van der Waals surface area contributed by atoms with Crippen molar-refractivity contribution in [2.24, 2.45) is 5.92 Å². The number of nitrogens with one attached hydrogen (secondary N) is 1. The fourth-order valence-corrected chi connectivity index (χ4v) is 2.89. The average molecular weight is 224 g/mol. The number of nitrogens with zero attached hydrogens (tertiary/aromatic N) is 1. The highest BCUT2D eigenvalue weighted by Crippen LogP contribution is 2.29. The summed E-state index contributed by atoms with van der Waals surface area (Å²) in [4.78, 5) is 2.78. The minimum atomic E-state index is 0.787. The van der Waals surface area contributed by atoms with Gasteiger partial charge in [0.15, 0.2) is 0 Å². The van der Waals surface area contributed by atoms with Gasteiger partial charge in [-0.15, -0.1) is 0 Å². The van der Waals surface area contributed by atoms with Crippen LogP contribution in [-0.4, -0.2) is 36.6 Å². The van der Waals surface area contributed by atoms with Gasteiger partial charge in [0.25, 0.3) is 0 Å². The Morgan fingerprint density at radius 3 is 2.44 bits per heavy atom. The zero-order chi connectivity index (χ0) is 11.4. The average Bonchev–Trinajstić information content (AvgIpc) is 3.03. The summed E-state index contributed by atoms with van der Waals surface area (Å²) in [6.45, 7) is 8.57. The van der Waals surface area contributed by atoms with E-state index in [9.17, 15) is 0 Å². The molecule has 0 spiro atoms. The van der Waals surface area contributed by atoms with Crippen LogP contribution in [0.4, 0.5) is 0 Å². The summed E-state index contributed by atoms with van der Waals surface area (Å²) >= 11 is 0. The molecule has 0 amide bonds. The first-order valence-corrected chi connectivity index (χ1v) is 7.30. The summed E-state index contributed by atoms with van der Waals surface area (Å²) in [5.74, 6) is 0.919. The van der Waals surface area contributed by atoms with E-state index in [0.29, 0.717) is 0 Å². The van der Waals surface area contributed by atoms with Gasteiger partial charge in [-0.3, -0.25) is 4.90 Å². The van der Waals surface area contributed by atoms with E-state index in [1.54, 1.807) is 0 Å². The number of rotatable bonds is 7. The van der Waals surface area contributed by atoms with E-state index >= 15 is 0 Å². The molecule has 0 aromatic carbocycles. The Hall–Kier alpha value is -0.0800. The largest absolute Gasteiger partial charge is 0.313 e. The third-order valence-electron chi connectivity index (χ3n) is 4.33. The molecule has 1 heterocycles. The van der Waals surface area contributed by atoms with Crippen LogP contribution < -0.4 is 5.32 Å². The van der Waals surface area contributed by atoms with Crippen LogP contribution in [-0.2, 0) is 0 Å². The Morgan fingerprint density at radius 2 is 1.94 bits per heavy atom. The Balaban J connectivity index is 1.79. The molecule has 1 aliphatic carbocycles. The molecule has 0 radical (unpaired) electrons. The van der Waals surface area contributed by atoms with Gasteiger partial charge < -0.3 is 5.32 Å². The Morgan fingerprint density at radius 1 is 1.19 bits per heavy atom. The van der Waals surface area contributed by atoms with Crippen LogP contribution in [0.15, 0.2) is 0 Å². The van der Waals surface area contributed by atoms with Crippen molar-refractivity contribution in [3.63, 3.8) is 0 Å². The molecule has 1 N–H and O–H groups in total. The molecule has 2 fully saturated rings. The van der Waals surface area contributed by atoms with Crippen LogP contribution in [0.5, 0.6) is 0 Å². The lowest BCUT2D eigenvalue weighted by Gasteiger charge is -2.29. The highest BCUT2D eigenvalue weighted by molar-refractivity contribution is 4.89. The van der Waals surface area contributed by atoms with Crippen molar-refractivity contribution in [1.29, 1.82) is 0 Å². The summed E-state index contributed by atoms with van der Waals surface area (Å²) in [7, 11) is 0. The first-order valence-electron chi connectivity index (χ1n) is 7.30. The maximum atomic E-state index is 3.64. The molecule has 1 aliphatic heterocycles. The first-order chi connectivity index (χ1) is 7.83. The summed E-state index contributed by atoms with van der Waals surface area (Å²) in [6, 6.07) is 1.72. The van der Waals surface area contributed by atoms with E-state index in [-0.39, 0.29) is 0 Å². The third-order valence-corrected chi connectivity index (χ3v) is 4.33. The van der Waals surface area contributed by atoms with Crippen molar-refractivity contribution in [3.8, 4) is 0 Å². The zero-order valence-electron chi connectivity index (χ0n) is 11.0. The Labute approximate surface area is 101 Å². The molecular formula is C14H28N2. The molecule has 1 unspecified atom stereocenters. The van der Waals surface area contributed by atoms with Gasteiger partial charge in [0, 0.05) is 25.2 Å². The maximum Gasteiger partial charge on any atom is 0.0195 e. The van der Waals surface area contributed by atoms with Crippen LogP contribution in [0.3, 0.4) is 0 Å². The van der Waals surface area contributed by atoms with Gasteiger partial charge >= 0.3 is 0 Å². The molecular weight excluding hydrogens is 196 g/mol. The van der Waals surface area contributed by atoms with Crippen LogP contribution in [0.2, 0.25) is 0 Å². The summed E-state index contributed by atoms with van der Waals surface area (Å²) in [5, 5.41) is 3.64. The fourth-order valence-electron chi connectivity index (χ4n) is 2.89. The van der Waals surface area contributed by atoms with Crippen molar-refractivity contribution < 1.29 is 0 Å². The number of hydrogen-bond donors (Lipinski definition) is 1. The smallest absolute Gasteiger partial charge is 0.0195 e. The monoisotopic (exact) mass is 224 g/mol. The van der Waals surface area contributed by atoms with Crippen molar-refractivity contribution in [2.75, 3.05) is 19.6 Å². The van der Waals surface area contributed by atoms with Gasteiger partial charge in [-0.05, 0) is 38.1 Å². The van der Waals surface area contributed by atoms with Gasteiger partial charge in [-0.2, -0.15) is 0 Å². The molecule has 1 saturated heterocycles. The van der Waals surface area contributed by atoms with E-state index in [2.05, 4.69) is 24.1 Å². The SMILES string of the molecule is CCC(CC)CN(CC1CCCN1)C1CC1. The minimum absolute atomic E-state index is 0.787. The lowest BCUT2D eigenvalue weighted by atomic mass is 10.0. The quantitative estimate of drug-likeness (QED) is 0.715. The Kier molecular flexibility index (Phi) is 4.66. The van der Waals surface area contributed by atoms with Crippen LogP contribution in [0.1, 0.15) is 52.4 Å². The second kappa shape index (κ2) is 6.02. The van der Waals surface area contributed by atoms with Crippen molar-refractivity contribution in [2.45, 2.75) is 64.5 Å². The molecule has 1 saturated carbocycles. The maximum absolute atomic E-state index is 3.64. The fraction of sp³-hybridized carbons (Fsp3) is 1.00. The summed E-state index contributed by atoms with van der Waals surface area (Å²) in [6.07, 6.45) is 8.37. The molecule has 2 rings (SSSR count). The first kappa shape index (κ1) is 12.4. The predicted octanol–water partition coefficient (Wildman–Crippen LogP) is 2.64. The molecule has 2 heteroatoms. The molecule has 0 aromatic rings. The Bertz CT molecular complexity index is 187. The van der Waals surface area contributed by atoms with Crippen LogP contribution >= 0.6 is 0 Å². The molecule has 0 aromatic heterocycles. The molecule has 94 valence electrons. The zero-order valence-corrected chi connectivity index (χ0v) is 11.0. The number of hydrogen-bond acceptors (Lipinski definition) is 2. The lowest BCUT2D eigenvalue weighted by molar-refractivity contribution is 0.198. The topological polar surface area (TPSA) is 15.3 Å². The molecule has 2 nitrogen and oxygen atoms in total. The van der Waals surface area contributed by atoms with Crippen molar-refractivity contribution in [1.82, 2.24) is 10.2 Å². The summed E-state index contributed by atoms with van der Waals surface area (Å²) < 4.78 is 0. The minimum Gasteiger partial charge on any atom is -0.313 e. The van der Waals surface area contributed by atoms with Gasteiger partial charge in [0.05, 0.1) is 0 Å². The van der Waals surface area contributed by atoms with Gasteiger partial charge in [-0.25, -0.2) is 0 Å². The highest BCUT2D eigenvalue weighted by Gasteiger charge is 2.31.